The number of halogens is 2. The molecule has 6 heteroatoms. The quantitative estimate of drug-likeness (QED) is 0.546. The number of piperidine rings is 1. The van der Waals surface area contributed by atoms with Crippen molar-refractivity contribution in [2.75, 3.05) is 29.9 Å². The summed E-state index contributed by atoms with van der Waals surface area (Å²) in [6.45, 7) is 5.08. The Balaban J connectivity index is 1.35. The van der Waals surface area contributed by atoms with Crippen LogP contribution in [-0.2, 0) is 12.0 Å². The van der Waals surface area contributed by atoms with Gasteiger partial charge in [0, 0.05) is 24.2 Å². The highest BCUT2D eigenvalue weighted by molar-refractivity contribution is 6.03. The van der Waals surface area contributed by atoms with Crippen LogP contribution in [0.5, 0.6) is 0 Å². The number of para-hydroxylation sites is 1. The Morgan fingerprint density at radius 1 is 1.00 bits per heavy atom. The van der Waals surface area contributed by atoms with Crippen LogP contribution in [0, 0.1) is 18.6 Å². The molecule has 0 saturated carbocycles. The van der Waals surface area contributed by atoms with E-state index in [0.29, 0.717) is 13.1 Å². The van der Waals surface area contributed by atoms with E-state index in [-0.39, 0.29) is 23.0 Å². The van der Waals surface area contributed by atoms with E-state index in [0.717, 1.165) is 42.7 Å². The summed E-state index contributed by atoms with van der Waals surface area (Å²) >= 11 is 0. The van der Waals surface area contributed by atoms with E-state index in [9.17, 15) is 13.6 Å². The van der Waals surface area contributed by atoms with Gasteiger partial charge in [-0.1, -0.05) is 42.0 Å². The summed E-state index contributed by atoms with van der Waals surface area (Å²) in [7, 11) is 0. The molecule has 5 rings (SSSR count). The highest BCUT2D eigenvalue weighted by atomic mass is 19.1. The number of aryl methyl sites for hydroxylation is 1. The second-order valence-electron chi connectivity index (χ2n) is 9.20. The van der Waals surface area contributed by atoms with Crippen LogP contribution >= 0.6 is 0 Å². The standard InChI is InChI=1S/C27H27F2N3O/c1-19-9-10-25-22(15-19)27(18-32(25)26(33)30-24-8-3-2-7-23(24)29)11-13-31(14-12-27)17-20-5-4-6-21(28)16-20/h2-10,15-16H,11-14,17-18H2,1H3,(H,30,33). The van der Waals surface area contributed by atoms with Crippen LogP contribution in [0.25, 0.3) is 0 Å². The summed E-state index contributed by atoms with van der Waals surface area (Å²) in [6.07, 6.45) is 1.81. The number of hydrogen-bond donors (Lipinski definition) is 1. The minimum Gasteiger partial charge on any atom is -0.305 e. The molecule has 0 atom stereocenters. The van der Waals surface area contributed by atoms with Crippen LogP contribution in [-0.4, -0.2) is 30.6 Å². The Bertz CT molecular complexity index is 1190. The third-order valence-corrected chi connectivity index (χ3v) is 6.94. The second-order valence-corrected chi connectivity index (χ2v) is 9.20. The Morgan fingerprint density at radius 3 is 2.55 bits per heavy atom. The molecule has 3 aromatic rings. The lowest BCUT2D eigenvalue weighted by molar-refractivity contribution is 0.160. The monoisotopic (exact) mass is 447 g/mol. The summed E-state index contributed by atoms with van der Waals surface area (Å²) in [5, 5.41) is 2.74. The molecular weight excluding hydrogens is 420 g/mol. The normalized spacial score (nSPS) is 17.2. The molecule has 0 aliphatic carbocycles. The molecule has 1 N–H and O–H groups in total. The van der Waals surface area contributed by atoms with Crippen molar-refractivity contribution in [2.45, 2.75) is 31.7 Å². The molecule has 0 aromatic heterocycles. The maximum absolute atomic E-state index is 14.1. The van der Waals surface area contributed by atoms with Gasteiger partial charge in [0.25, 0.3) is 0 Å². The third kappa shape index (κ3) is 4.23. The van der Waals surface area contributed by atoms with Crippen molar-refractivity contribution in [1.82, 2.24) is 4.90 Å². The van der Waals surface area contributed by atoms with Crippen molar-refractivity contribution in [3.05, 3.63) is 95.1 Å². The van der Waals surface area contributed by atoms with Crippen molar-refractivity contribution >= 4 is 17.4 Å². The minimum absolute atomic E-state index is 0.133. The van der Waals surface area contributed by atoms with E-state index in [1.165, 1.54) is 17.7 Å². The lowest BCUT2D eigenvalue weighted by Gasteiger charge is -2.40. The van der Waals surface area contributed by atoms with Gasteiger partial charge >= 0.3 is 6.03 Å². The first-order valence-corrected chi connectivity index (χ1v) is 11.3. The fraction of sp³-hybridized carbons (Fsp3) is 0.296. The molecule has 1 saturated heterocycles. The number of carbonyl (C=O) groups is 1. The average molecular weight is 448 g/mol. The highest BCUT2D eigenvalue weighted by Gasteiger charge is 2.46. The van der Waals surface area contributed by atoms with Crippen LogP contribution in [0.3, 0.4) is 0 Å². The number of nitrogens with one attached hydrogen (secondary N) is 1. The number of rotatable bonds is 3. The Hall–Kier alpha value is -3.25. The van der Waals surface area contributed by atoms with Crippen molar-refractivity contribution in [3.63, 3.8) is 0 Å². The average Bonchev–Trinajstić information content (AvgIpc) is 3.10. The number of carbonyl (C=O) groups excluding carboxylic acids is 1. The van der Waals surface area contributed by atoms with Gasteiger partial charge in [-0.25, -0.2) is 13.6 Å². The molecule has 4 nitrogen and oxygen atoms in total. The summed E-state index contributed by atoms with van der Waals surface area (Å²) in [5.41, 5.74) is 4.27. The van der Waals surface area contributed by atoms with Crippen LogP contribution < -0.4 is 10.2 Å². The fourth-order valence-electron chi connectivity index (χ4n) is 5.17. The molecule has 3 aromatic carbocycles. The van der Waals surface area contributed by atoms with E-state index in [4.69, 9.17) is 0 Å². The molecule has 2 aliphatic rings. The molecule has 2 amide bonds. The first kappa shape index (κ1) is 21.6. The molecule has 0 unspecified atom stereocenters. The zero-order valence-corrected chi connectivity index (χ0v) is 18.7. The molecule has 1 fully saturated rings. The summed E-state index contributed by atoms with van der Waals surface area (Å²) in [4.78, 5) is 17.3. The number of urea groups is 1. The molecule has 1 spiro atoms. The van der Waals surface area contributed by atoms with Crippen molar-refractivity contribution in [2.24, 2.45) is 0 Å². The van der Waals surface area contributed by atoms with Gasteiger partial charge in [0.1, 0.15) is 11.6 Å². The second kappa shape index (κ2) is 8.60. The lowest BCUT2D eigenvalue weighted by atomic mass is 9.74. The molecule has 170 valence electrons. The Morgan fingerprint density at radius 2 is 1.79 bits per heavy atom. The van der Waals surface area contributed by atoms with Gasteiger partial charge in [0.15, 0.2) is 0 Å². The van der Waals surface area contributed by atoms with Gasteiger partial charge in [-0.05, 0) is 74.3 Å². The van der Waals surface area contributed by atoms with E-state index >= 15 is 0 Å². The van der Waals surface area contributed by atoms with Gasteiger partial charge in [-0.15, -0.1) is 0 Å². The van der Waals surface area contributed by atoms with E-state index in [1.807, 2.05) is 18.2 Å². The van der Waals surface area contributed by atoms with Gasteiger partial charge in [0.2, 0.25) is 0 Å². The van der Waals surface area contributed by atoms with Gasteiger partial charge in [0.05, 0.1) is 5.69 Å². The molecule has 0 bridgehead atoms. The Kier molecular flexibility index (Phi) is 5.62. The predicted molar refractivity (Wildman–Crippen MR) is 127 cm³/mol. The first-order valence-electron chi connectivity index (χ1n) is 11.3. The summed E-state index contributed by atoms with van der Waals surface area (Å²) in [5.74, 6) is -0.660. The number of fused-ring (bicyclic) bond motifs is 2. The fourth-order valence-corrected chi connectivity index (χ4v) is 5.17. The largest absolute Gasteiger partial charge is 0.326 e. The summed E-state index contributed by atoms with van der Waals surface area (Å²) < 4.78 is 27.7. The van der Waals surface area contributed by atoms with Crippen molar-refractivity contribution < 1.29 is 13.6 Å². The topological polar surface area (TPSA) is 35.6 Å². The maximum Gasteiger partial charge on any atom is 0.326 e. The van der Waals surface area contributed by atoms with E-state index in [1.54, 1.807) is 35.2 Å². The third-order valence-electron chi connectivity index (χ3n) is 6.94. The first-order chi connectivity index (χ1) is 15.9. The van der Waals surface area contributed by atoms with Gasteiger partial charge < -0.3 is 5.32 Å². The van der Waals surface area contributed by atoms with Crippen molar-refractivity contribution in [3.8, 4) is 0 Å². The molecule has 2 aliphatic heterocycles. The number of amides is 2. The number of anilines is 2. The van der Waals surface area contributed by atoms with Gasteiger partial charge in [-0.3, -0.25) is 9.80 Å². The number of nitrogens with zero attached hydrogens (tertiary/aromatic N) is 2. The zero-order valence-electron chi connectivity index (χ0n) is 18.7. The minimum atomic E-state index is -0.449. The molecule has 0 radical (unpaired) electrons. The summed E-state index contributed by atoms with van der Waals surface area (Å²) in [6, 6.07) is 18.9. The van der Waals surface area contributed by atoms with Crippen LogP contribution in [0.4, 0.5) is 25.0 Å². The smallest absolute Gasteiger partial charge is 0.305 e. The zero-order chi connectivity index (χ0) is 23.0. The molecule has 2 heterocycles. The van der Waals surface area contributed by atoms with Gasteiger partial charge in [-0.2, -0.15) is 0 Å². The highest BCUT2D eigenvalue weighted by Crippen LogP contribution is 2.47. The van der Waals surface area contributed by atoms with Crippen molar-refractivity contribution in [1.29, 1.82) is 0 Å². The van der Waals surface area contributed by atoms with E-state index in [2.05, 4.69) is 23.2 Å². The Labute approximate surface area is 192 Å². The van der Waals surface area contributed by atoms with Crippen LogP contribution in [0.1, 0.15) is 29.5 Å². The maximum atomic E-state index is 14.1. The van der Waals surface area contributed by atoms with Crippen LogP contribution in [0.15, 0.2) is 66.7 Å². The number of hydrogen-bond acceptors (Lipinski definition) is 2. The molecular formula is C27H27F2N3O. The molecule has 33 heavy (non-hydrogen) atoms. The SMILES string of the molecule is Cc1ccc2c(c1)C1(CCN(Cc3cccc(F)c3)CC1)CN2C(=O)Nc1ccccc1F. The van der Waals surface area contributed by atoms with E-state index < -0.39 is 5.82 Å². The number of benzene rings is 3. The lowest BCUT2D eigenvalue weighted by Crippen LogP contribution is -2.46. The predicted octanol–water partition coefficient (Wildman–Crippen LogP) is 5.86. The number of likely N-dealkylation sites (tertiary alicyclic amines) is 1. The van der Waals surface area contributed by atoms with Crippen LogP contribution in [0.2, 0.25) is 0 Å².